The SMILES string of the molecule is O=S([O-])(O)=S.[C-]#N.[NH4+].[NH4+]. The van der Waals surface area contributed by atoms with Crippen molar-refractivity contribution >= 4 is 20.2 Å². The van der Waals surface area contributed by atoms with E-state index in [2.05, 4.69) is 11.2 Å². The first-order valence-corrected chi connectivity index (χ1v) is 3.27. The van der Waals surface area contributed by atoms with Crippen molar-refractivity contribution in [3.63, 3.8) is 0 Å². The molecule has 1 unspecified atom stereocenters. The minimum atomic E-state index is -4.08. The van der Waals surface area contributed by atoms with Crippen molar-refractivity contribution in [2.75, 3.05) is 0 Å². The molecule has 8 heteroatoms. The monoisotopic (exact) mass is 175 g/mol. The van der Waals surface area contributed by atoms with Crippen LogP contribution in [0.2, 0.25) is 0 Å². The Labute approximate surface area is 58.4 Å². The fourth-order valence-corrected chi connectivity index (χ4v) is 0. The maximum absolute atomic E-state index is 9.00. The molecule has 9 heavy (non-hydrogen) atoms. The molecule has 0 saturated carbocycles. The van der Waals surface area contributed by atoms with Gasteiger partial charge in [-0.2, -0.15) is 0 Å². The van der Waals surface area contributed by atoms with E-state index in [1.165, 1.54) is 0 Å². The van der Waals surface area contributed by atoms with Gasteiger partial charge < -0.3 is 33.2 Å². The average molecular weight is 175 g/mol. The van der Waals surface area contributed by atoms with Crippen molar-refractivity contribution in [3.8, 4) is 0 Å². The molecule has 0 aromatic rings. The number of rotatable bonds is 0. The summed E-state index contributed by atoms with van der Waals surface area (Å²) in [6, 6.07) is 0. The molecule has 9 N–H and O–H groups in total. The summed E-state index contributed by atoms with van der Waals surface area (Å²) in [6.07, 6.45) is 0. The lowest BCUT2D eigenvalue weighted by atomic mass is 11.9. The van der Waals surface area contributed by atoms with Crippen molar-refractivity contribution in [3.05, 3.63) is 6.57 Å². The molecule has 0 spiro atoms. The molecule has 0 aromatic heterocycles. The van der Waals surface area contributed by atoms with Crippen molar-refractivity contribution in [2.45, 2.75) is 0 Å². The van der Waals surface area contributed by atoms with Gasteiger partial charge >= 0.3 is 0 Å². The molecule has 0 radical (unpaired) electrons. The van der Waals surface area contributed by atoms with Gasteiger partial charge in [0.25, 0.3) is 0 Å². The van der Waals surface area contributed by atoms with Crippen LogP contribution >= 0.6 is 0 Å². The molecule has 0 heterocycles. The zero-order valence-corrected chi connectivity index (χ0v) is 6.66. The minimum Gasteiger partial charge on any atom is -0.748 e. The van der Waals surface area contributed by atoms with Gasteiger partial charge in [0.15, 0.2) is 0 Å². The van der Waals surface area contributed by atoms with Crippen LogP contribution in [-0.2, 0) is 20.2 Å². The first kappa shape index (κ1) is 23.4. The fourth-order valence-electron chi connectivity index (χ4n) is 0. The molecule has 58 valence electrons. The summed E-state index contributed by atoms with van der Waals surface area (Å²) in [6.45, 7) is 4.75. The van der Waals surface area contributed by atoms with Crippen LogP contribution in [0.15, 0.2) is 0 Å². The molecule has 0 aromatic carbocycles. The van der Waals surface area contributed by atoms with E-state index < -0.39 is 9.05 Å². The van der Waals surface area contributed by atoms with Gasteiger partial charge in [0, 0.05) is 0 Å². The van der Waals surface area contributed by atoms with Crippen LogP contribution in [0.3, 0.4) is 0 Å². The lowest BCUT2D eigenvalue weighted by molar-refractivity contribution is 0.432. The lowest BCUT2D eigenvalue weighted by Gasteiger charge is -1.93. The van der Waals surface area contributed by atoms with Crippen LogP contribution in [0.25, 0.3) is 0 Å². The normalized spacial score (nSPS) is 12.0. The second-order valence-corrected chi connectivity index (χ2v) is 2.55. The Hall–Kier alpha value is -0.300. The maximum atomic E-state index is 9.00. The second-order valence-electron chi connectivity index (χ2n) is 0.428. The third kappa shape index (κ3) is 2780. The number of hydrogen-bond acceptors (Lipinski definition) is 4. The van der Waals surface area contributed by atoms with Gasteiger partial charge in [0.1, 0.15) is 0 Å². The van der Waals surface area contributed by atoms with Crippen molar-refractivity contribution in [2.24, 2.45) is 0 Å². The second kappa shape index (κ2) is 10.6. The van der Waals surface area contributed by atoms with Crippen LogP contribution in [0.1, 0.15) is 0 Å². The molecule has 1 atom stereocenters. The molecule has 0 saturated heterocycles. The smallest absolute Gasteiger partial charge is 0.0818 e. The van der Waals surface area contributed by atoms with Gasteiger partial charge in [-0.15, -0.1) is 0 Å². The third-order valence-electron chi connectivity index (χ3n) is 0. The first-order chi connectivity index (χ1) is 3.00. The summed E-state index contributed by atoms with van der Waals surface area (Å²) >= 11 is 3.35. The fraction of sp³-hybridized carbons (Fsp3) is 0. The van der Waals surface area contributed by atoms with Crippen LogP contribution in [-0.4, -0.2) is 13.3 Å². The summed E-state index contributed by atoms with van der Waals surface area (Å²) < 4.78 is 25.3. The van der Waals surface area contributed by atoms with Crippen molar-refractivity contribution < 1.29 is 13.3 Å². The summed E-state index contributed by atoms with van der Waals surface area (Å²) in [5.41, 5.74) is 0. The van der Waals surface area contributed by atoms with Gasteiger partial charge in [-0.05, 0) is 11.2 Å². The first-order valence-electron chi connectivity index (χ1n) is 0.906. The minimum absolute atomic E-state index is 0. The highest BCUT2D eigenvalue weighted by atomic mass is 32.9. The molecular weight excluding hydrogens is 166 g/mol. The summed E-state index contributed by atoms with van der Waals surface area (Å²) in [7, 11) is -4.08. The Morgan fingerprint density at radius 1 is 1.56 bits per heavy atom. The standard InChI is InChI=1S/CN.2H3N.H2O3S2/c1-2;;;1-5(2,3)4/h;2*1H3;(H2,1,2,3,4)/q-1;;;/p+1. The van der Waals surface area contributed by atoms with E-state index in [0.717, 1.165) is 0 Å². The largest absolute Gasteiger partial charge is 0.748 e. The zero-order chi connectivity index (χ0) is 6.50. The van der Waals surface area contributed by atoms with Gasteiger partial charge in [0.2, 0.25) is 0 Å². The molecule has 0 aliphatic rings. The van der Waals surface area contributed by atoms with Crippen molar-refractivity contribution in [1.82, 2.24) is 12.3 Å². The quantitative estimate of drug-likeness (QED) is 0.447. The van der Waals surface area contributed by atoms with E-state index >= 15 is 0 Å². The molecule has 0 aliphatic heterocycles. The summed E-state index contributed by atoms with van der Waals surface area (Å²) in [4.78, 5) is 0. The summed E-state index contributed by atoms with van der Waals surface area (Å²) in [5, 5.41) is 6.25. The molecule has 0 fully saturated rings. The molecule has 0 amide bonds. The van der Waals surface area contributed by atoms with Gasteiger partial charge in [-0.25, -0.2) is 4.21 Å². The van der Waals surface area contributed by atoms with E-state index in [0.29, 0.717) is 0 Å². The Bertz CT molecular complexity index is 128. The highest BCUT2D eigenvalue weighted by Gasteiger charge is 1.61. The number of hydrogen-bond donors (Lipinski definition) is 3. The molecule has 0 aliphatic carbocycles. The van der Waals surface area contributed by atoms with Gasteiger partial charge in [-0.3, -0.25) is 0 Å². The van der Waals surface area contributed by atoms with E-state index in [4.69, 9.17) is 25.1 Å². The number of nitrogens with zero attached hydrogens (tertiary/aromatic N) is 1. The lowest BCUT2D eigenvalue weighted by Crippen LogP contribution is -1.87. The predicted molar refractivity (Wildman–Crippen MR) is 35.9 cm³/mol. The highest BCUT2D eigenvalue weighted by molar-refractivity contribution is 8.26. The van der Waals surface area contributed by atoms with Gasteiger partial charge in [0.05, 0.1) is 9.05 Å². The zero-order valence-electron chi connectivity index (χ0n) is 5.03. The van der Waals surface area contributed by atoms with E-state index in [1.54, 1.807) is 0 Å². The van der Waals surface area contributed by atoms with Crippen LogP contribution in [0.5, 0.6) is 0 Å². The summed E-state index contributed by atoms with van der Waals surface area (Å²) in [5.74, 6) is 0. The average Bonchev–Trinajstić information content (AvgIpc) is 1.36. The topological polar surface area (TPSA) is 157 Å². The van der Waals surface area contributed by atoms with E-state index in [1.807, 2.05) is 0 Å². The highest BCUT2D eigenvalue weighted by Crippen LogP contribution is 1.61. The van der Waals surface area contributed by atoms with Crippen LogP contribution < -0.4 is 12.3 Å². The molecule has 0 bridgehead atoms. The molecule has 0 rings (SSSR count). The van der Waals surface area contributed by atoms with E-state index in [9.17, 15) is 0 Å². The molecular formula is CH9N3O3S2. The Morgan fingerprint density at radius 2 is 1.56 bits per heavy atom. The Balaban J connectivity index is -0.0000000286. The maximum Gasteiger partial charge on any atom is 0.0818 e. The number of quaternary nitrogens is 2. The predicted octanol–water partition coefficient (Wildman–Crippen LogP) is 0.185. The van der Waals surface area contributed by atoms with E-state index in [-0.39, 0.29) is 12.3 Å². The van der Waals surface area contributed by atoms with Crippen LogP contribution in [0.4, 0.5) is 0 Å². The van der Waals surface area contributed by atoms with Crippen molar-refractivity contribution in [1.29, 1.82) is 5.26 Å². The Morgan fingerprint density at radius 3 is 1.56 bits per heavy atom. The molecule has 6 nitrogen and oxygen atoms in total. The van der Waals surface area contributed by atoms with Gasteiger partial charge in [-0.1, -0.05) is 0 Å². The third-order valence-corrected chi connectivity index (χ3v) is 0. The Kier molecular flexibility index (Phi) is 27.6. The van der Waals surface area contributed by atoms with Crippen LogP contribution in [0, 0.1) is 11.8 Å².